The zero-order valence-corrected chi connectivity index (χ0v) is 8.30. The summed E-state index contributed by atoms with van der Waals surface area (Å²) in [6.07, 6.45) is 0. The van der Waals surface area contributed by atoms with Gasteiger partial charge >= 0.3 is 5.97 Å². The average molecular weight is 230 g/mol. The molecule has 1 aromatic rings. The molecule has 2 heterocycles. The summed E-state index contributed by atoms with van der Waals surface area (Å²) >= 11 is 0. The van der Waals surface area contributed by atoms with Crippen LogP contribution in [0, 0.1) is 0 Å². The highest BCUT2D eigenvalue weighted by Gasteiger charge is 2.16. The first-order chi connectivity index (χ1) is 6.66. The van der Waals surface area contributed by atoms with Gasteiger partial charge in [0.2, 0.25) is 5.91 Å². The lowest BCUT2D eigenvalue weighted by Crippen LogP contribution is -2.28. The Morgan fingerprint density at radius 1 is 1.47 bits per heavy atom. The lowest BCUT2D eigenvalue weighted by atomic mass is 10.2. The molecule has 2 rings (SSSR count). The Morgan fingerprint density at radius 3 is 2.87 bits per heavy atom. The van der Waals surface area contributed by atoms with Gasteiger partial charge in [-0.1, -0.05) is 0 Å². The fraction of sp³-hybridized carbons (Fsp3) is 0.125. The van der Waals surface area contributed by atoms with Crippen LogP contribution in [0.5, 0.6) is 0 Å². The standard InChI is InChI=1S/C8H7N3O3.ClH/c12-6-3-9-7-4(10-6)1-2-5(11-7)8(13)14;/h1-2H,3H2,(H,9,11)(H,10,12)(H,13,14);1H. The quantitative estimate of drug-likeness (QED) is 0.655. The maximum absolute atomic E-state index is 10.9. The minimum Gasteiger partial charge on any atom is -0.477 e. The molecule has 0 atom stereocenters. The van der Waals surface area contributed by atoms with E-state index in [1.54, 1.807) is 0 Å². The third kappa shape index (κ3) is 2.16. The molecule has 0 fully saturated rings. The number of carboxylic acids is 1. The van der Waals surface area contributed by atoms with Gasteiger partial charge in [-0.3, -0.25) is 4.79 Å². The molecule has 80 valence electrons. The van der Waals surface area contributed by atoms with Crippen LogP contribution >= 0.6 is 12.4 Å². The van der Waals surface area contributed by atoms with Gasteiger partial charge in [0.15, 0.2) is 11.5 Å². The highest BCUT2D eigenvalue weighted by molar-refractivity contribution is 6.00. The van der Waals surface area contributed by atoms with Crippen LogP contribution in [0.15, 0.2) is 12.1 Å². The van der Waals surface area contributed by atoms with Crippen LogP contribution in [0.1, 0.15) is 10.5 Å². The normalized spacial score (nSPS) is 12.9. The van der Waals surface area contributed by atoms with E-state index in [2.05, 4.69) is 15.6 Å². The van der Waals surface area contributed by atoms with E-state index < -0.39 is 5.97 Å². The fourth-order valence-corrected chi connectivity index (χ4v) is 1.17. The van der Waals surface area contributed by atoms with Crippen LogP contribution < -0.4 is 10.6 Å². The van der Waals surface area contributed by atoms with Gasteiger partial charge < -0.3 is 15.7 Å². The predicted octanol–water partition coefficient (Wildman–Crippen LogP) is 0.566. The summed E-state index contributed by atoms with van der Waals surface area (Å²) in [6.45, 7) is 0.114. The highest BCUT2D eigenvalue weighted by Crippen LogP contribution is 2.21. The number of halogens is 1. The molecule has 7 heteroatoms. The van der Waals surface area contributed by atoms with Crippen molar-refractivity contribution < 1.29 is 14.7 Å². The molecule has 0 aromatic carbocycles. The zero-order chi connectivity index (χ0) is 10.1. The number of carboxylic acid groups (broad SMARTS) is 1. The molecule has 1 aliphatic rings. The summed E-state index contributed by atoms with van der Waals surface area (Å²) in [5, 5.41) is 14.0. The minimum absolute atomic E-state index is 0. The summed E-state index contributed by atoms with van der Waals surface area (Å²) in [5.41, 5.74) is 0.457. The summed E-state index contributed by atoms with van der Waals surface area (Å²) in [5.74, 6) is -0.863. The van der Waals surface area contributed by atoms with E-state index >= 15 is 0 Å². The first kappa shape index (κ1) is 11.3. The van der Waals surface area contributed by atoms with Gasteiger partial charge in [-0.05, 0) is 12.1 Å². The molecule has 0 aliphatic carbocycles. The average Bonchev–Trinajstić information content (AvgIpc) is 2.16. The number of anilines is 2. The van der Waals surface area contributed by atoms with Crippen molar-refractivity contribution in [3.63, 3.8) is 0 Å². The number of aromatic nitrogens is 1. The number of hydrogen-bond acceptors (Lipinski definition) is 4. The third-order valence-corrected chi connectivity index (χ3v) is 1.80. The smallest absolute Gasteiger partial charge is 0.354 e. The monoisotopic (exact) mass is 229 g/mol. The van der Waals surface area contributed by atoms with E-state index in [0.29, 0.717) is 11.5 Å². The first-order valence-corrected chi connectivity index (χ1v) is 3.95. The number of carbonyl (C=O) groups is 2. The number of nitrogens with zero attached hydrogens (tertiary/aromatic N) is 1. The first-order valence-electron chi connectivity index (χ1n) is 3.95. The van der Waals surface area contributed by atoms with Gasteiger partial charge in [0.1, 0.15) is 0 Å². The second kappa shape index (κ2) is 4.14. The molecular weight excluding hydrogens is 222 g/mol. The van der Waals surface area contributed by atoms with E-state index in [-0.39, 0.29) is 30.6 Å². The number of nitrogens with one attached hydrogen (secondary N) is 2. The van der Waals surface area contributed by atoms with Crippen molar-refractivity contribution in [2.45, 2.75) is 0 Å². The maximum atomic E-state index is 10.9. The van der Waals surface area contributed by atoms with Crippen molar-refractivity contribution in [1.29, 1.82) is 0 Å². The molecule has 0 saturated heterocycles. The number of amides is 1. The zero-order valence-electron chi connectivity index (χ0n) is 7.48. The Morgan fingerprint density at radius 2 is 2.20 bits per heavy atom. The summed E-state index contributed by atoms with van der Waals surface area (Å²) < 4.78 is 0. The van der Waals surface area contributed by atoms with Gasteiger partial charge in [0.05, 0.1) is 12.2 Å². The van der Waals surface area contributed by atoms with Crippen LogP contribution in [-0.2, 0) is 4.79 Å². The van der Waals surface area contributed by atoms with Crippen LogP contribution in [0.3, 0.4) is 0 Å². The van der Waals surface area contributed by atoms with Crippen LogP contribution in [0.4, 0.5) is 11.5 Å². The van der Waals surface area contributed by atoms with Crippen molar-refractivity contribution in [2.24, 2.45) is 0 Å². The predicted molar refractivity (Wildman–Crippen MR) is 55.6 cm³/mol. The van der Waals surface area contributed by atoms with Crippen LogP contribution in [0.2, 0.25) is 0 Å². The van der Waals surface area contributed by atoms with E-state index in [1.165, 1.54) is 12.1 Å². The van der Waals surface area contributed by atoms with Gasteiger partial charge in [-0.15, -0.1) is 12.4 Å². The van der Waals surface area contributed by atoms with Crippen LogP contribution in [0.25, 0.3) is 0 Å². The van der Waals surface area contributed by atoms with E-state index in [1.807, 2.05) is 0 Å². The molecule has 1 aromatic heterocycles. The maximum Gasteiger partial charge on any atom is 0.354 e. The van der Waals surface area contributed by atoms with Gasteiger partial charge in [0, 0.05) is 0 Å². The molecule has 0 bridgehead atoms. The molecule has 1 amide bonds. The molecule has 3 N–H and O–H groups in total. The Balaban J connectivity index is 0.00000112. The van der Waals surface area contributed by atoms with Crippen molar-refractivity contribution >= 4 is 35.8 Å². The molecule has 0 unspecified atom stereocenters. The number of pyridine rings is 1. The number of fused-ring (bicyclic) bond motifs is 1. The SMILES string of the molecule is Cl.O=C1CNc2nc(C(=O)O)ccc2N1. The second-order valence-electron chi connectivity index (χ2n) is 2.80. The van der Waals surface area contributed by atoms with E-state index in [0.717, 1.165) is 0 Å². The summed E-state index contributed by atoms with van der Waals surface area (Å²) in [7, 11) is 0. The van der Waals surface area contributed by atoms with Crippen molar-refractivity contribution in [3.05, 3.63) is 17.8 Å². The van der Waals surface area contributed by atoms with Gasteiger partial charge in [-0.25, -0.2) is 9.78 Å². The Hall–Kier alpha value is -1.82. The Labute approximate surface area is 91.1 Å². The lowest BCUT2D eigenvalue weighted by molar-refractivity contribution is -0.114. The van der Waals surface area contributed by atoms with Gasteiger partial charge in [-0.2, -0.15) is 0 Å². The fourth-order valence-electron chi connectivity index (χ4n) is 1.17. The number of aromatic carboxylic acids is 1. The lowest BCUT2D eigenvalue weighted by Gasteiger charge is -2.17. The number of rotatable bonds is 1. The Kier molecular flexibility index (Phi) is 3.11. The Bertz CT molecular complexity index is 422. The molecule has 15 heavy (non-hydrogen) atoms. The molecule has 6 nitrogen and oxygen atoms in total. The summed E-state index contributed by atoms with van der Waals surface area (Å²) in [6, 6.07) is 2.85. The third-order valence-electron chi connectivity index (χ3n) is 1.80. The summed E-state index contributed by atoms with van der Waals surface area (Å²) in [4.78, 5) is 25.3. The topological polar surface area (TPSA) is 91.3 Å². The molecule has 1 aliphatic heterocycles. The van der Waals surface area contributed by atoms with Crippen molar-refractivity contribution in [3.8, 4) is 0 Å². The number of carbonyl (C=O) groups excluding carboxylic acids is 1. The molecular formula is C8H8ClN3O3. The highest BCUT2D eigenvalue weighted by atomic mass is 35.5. The van der Waals surface area contributed by atoms with Gasteiger partial charge in [0.25, 0.3) is 0 Å². The molecule has 0 radical (unpaired) electrons. The van der Waals surface area contributed by atoms with Crippen molar-refractivity contribution in [1.82, 2.24) is 4.98 Å². The molecule has 0 spiro atoms. The number of hydrogen-bond donors (Lipinski definition) is 3. The minimum atomic E-state index is -1.09. The second-order valence-corrected chi connectivity index (χ2v) is 2.80. The van der Waals surface area contributed by atoms with Crippen LogP contribution in [-0.4, -0.2) is 28.5 Å². The van der Waals surface area contributed by atoms with Crippen molar-refractivity contribution in [2.75, 3.05) is 17.2 Å². The molecule has 0 saturated carbocycles. The largest absolute Gasteiger partial charge is 0.477 e. The van der Waals surface area contributed by atoms with E-state index in [9.17, 15) is 9.59 Å². The van der Waals surface area contributed by atoms with E-state index in [4.69, 9.17) is 5.11 Å².